The van der Waals surface area contributed by atoms with Gasteiger partial charge in [0.05, 0.1) is 31.8 Å². The van der Waals surface area contributed by atoms with E-state index in [0.29, 0.717) is 17.9 Å². The molecule has 0 saturated carbocycles. The monoisotopic (exact) mass is 416 g/mol. The Morgan fingerprint density at radius 2 is 1.97 bits per heavy atom. The number of carbonyl (C=O) groups is 2. The molecule has 1 aromatic carbocycles. The highest BCUT2D eigenvalue weighted by Crippen LogP contribution is 2.35. The minimum Gasteiger partial charge on any atom is -0.469 e. The number of aromatic amines is 1. The van der Waals surface area contributed by atoms with Gasteiger partial charge in [-0.1, -0.05) is 6.92 Å². The summed E-state index contributed by atoms with van der Waals surface area (Å²) >= 11 is 0. The molecule has 30 heavy (non-hydrogen) atoms. The number of piperidine rings is 1. The van der Waals surface area contributed by atoms with E-state index >= 15 is 0 Å². The fourth-order valence-corrected chi connectivity index (χ4v) is 4.72. The molecule has 1 aliphatic heterocycles. The second-order valence-corrected chi connectivity index (χ2v) is 8.11. The van der Waals surface area contributed by atoms with Crippen molar-refractivity contribution in [3.05, 3.63) is 35.0 Å². The maximum Gasteiger partial charge on any atom is 0.337 e. The van der Waals surface area contributed by atoms with Crippen molar-refractivity contribution in [2.75, 3.05) is 41.5 Å². The highest BCUT2D eigenvalue weighted by Gasteiger charge is 2.33. The first-order valence-electron chi connectivity index (χ1n) is 10.4. The fraction of sp³-hybridized carbons (Fsp3) is 0.565. The van der Waals surface area contributed by atoms with Crippen LogP contribution in [0.2, 0.25) is 0 Å². The van der Waals surface area contributed by atoms with Gasteiger partial charge in [-0.3, -0.25) is 4.79 Å². The number of ether oxygens (including phenoxy) is 3. The SMILES string of the molecule is CCc1c(C(C[C@H]2CC(OC)CN(C)C2)C(=O)OC)[nH]c2ccc(C(=O)OC)cc12. The van der Waals surface area contributed by atoms with E-state index in [-0.39, 0.29) is 18.0 Å². The van der Waals surface area contributed by atoms with Crippen molar-refractivity contribution in [2.45, 2.75) is 38.2 Å². The number of hydrogen-bond donors (Lipinski definition) is 1. The quantitative estimate of drug-likeness (QED) is 0.699. The Hall–Kier alpha value is -2.38. The van der Waals surface area contributed by atoms with Gasteiger partial charge < -0.3 is 24.1 Å². The Morgan fingerprint density at radius 1 is 1.20 bits per heavy atom. The summed E-state index contributed by atoms with van der Waals surface area (Å²) in [6.07, 6.45) is 2.50. The number of methoxy groups -OCH3 is 3. The Balaban J connectivity index is 1.99. The summed E-state index contributed by atoms with van der Waals surface area (Å²) < 4.78 is 15.6. The van der Waals surface area contributed by atoms with Crippen LogP contribution in [-0.2, 0) is 25.4 Å². The van der Waals surface area contributed by atoms with E-state index in [1.54, 1.807) is 13.2 Å². The molecule has 3 rings (SSSR count). The van der Waals surface area contributed by atoms with E-state index in [2.05, 4.69) is 23.9 Å². The third-order valence-electron chi connectivity index (χ3n) is 6.13. The van der Waals surface area contributed by atoms with Gasteiger partial charge in [0.15, 0.2) is 0 Å². The van der Waals surface area contributed by atoms with Gasteiger partial charge in [-0.15, -0.1) is 0 Å². The molecule has 7 nitrogen and oxygen atoms in total. The molecule has 2 aromatic rings. The van der Waals surface area contributed by atoms with Crippen molar-refractivity contribution < 1.29 is 23.8 Å². The van der Waals surface area contributed by atoms with E-state index in [4.69, 9.17) is 14.2 Å². The maximum atomic E-state index is 12.8. The molecule has 164 valence electrons. The number of aryl methyl sites for hydroxylation is 1. The lowest BCUT2D eigenvalue weighted by Gasteiger charge is -2.36. The molecule has 1 N–H and O–H groups in total. The normalized spacial score (nSPS) is 20.8. The topological polar surface area (TPSA) is 80.9 Å². The maximum absolute atomic E-state index is 12.8. The van der Waals surface area contributed by atoms with Gasteiger partial charge in [-0.25, -0.2) is 4.79 Å². The number of likely N-dealkylation sites (tertiary alicyclic amines) is 1. The molecule has 1 fully saturated rings. The lowest BCUT2D eigenvalue weighted by Crippen LogP contribution is -2.42. The zero-order valence-corrected chi connectivity index (χ0v) is 18.5. The molecular weight excluding hydrogens is 384 g/mol. The van der Waals surface area contributed by atoms with Crippen LogP contribution in [0.4, 0.5) is 0 Å². The lowest BCUT2D eigenvalue weighted by molar-refractivity contribution is -0.143. The Bertz CT molecular complexity index is 906. The summed E-state index contributed by atoms with van der Waals surface area (Å²) in [6, 6.07) is 5.44. The first-order valence-corrected chi connectivity index (χ1v) is 10.4. The van der Waals surface area contributed by atoms with Crippen molar-refractivity contribution in [1.82, 2.24) is 9.88 Å². The predicted octanol–water partition coefficient (Wildman–Crippen LogP) is 3.13. The number of rotatable bonds is 7. The van der Waals surface area contributed by atoms with E-state index in [9.17, 15) is 9.59 Å². The molecule has 1 saturated heterocycles. The van der Waals surface area contributed by atoms with Crippen LogP contribution in [0, 0.1) is 5.92 Å². The molecule has 0 radical (unpaired) electrons. The van der Waals surface area contributed by atoms with Gasteiger partial charge in [-0.05, 0) is 56.0 Å². The van der Waals surface area contributed by atoms with E-state index in [1.165, 1.54) is 14.2 Å². The van der Waals surface area contributed by atoms with Gasteiger partial charge in [-0.2, -0.15) is 0 Å². The highest BCUT2D eigenvalue weighted by molar-refractivity contribution is 5.96. The third-order valence-corrected chi connectivity index (χ3v) is 6.13. The molecule has 0 aliphatic carbocycles. The molecule has 0 spiro atoms. The summed E-state index contributed by atoms with van der Waals surface area (Å²) in [6.45, 7) is 3.88. The molecular formula is C23H32N2O5. The summed E-state index contributed by atoms with van der Waals surface area (Å²) in [7, 11) is 6.63. The fourth-order valence-electron chi connectivity index (χ4n) is 4.72. The van der Waals surface area contributed by atoms with Gasteiger partial charge >= 0.3 is 11.9 Å². The predicted molar refractivity (Wildman–Crippen MR) is 115 cm³/mol. The van der Waals surface area contributed by atoms with Gasteiger partial charge in [0.1, 0.15) is 0 Å². The number of carbonyl (C=O) groups excluding carboxylic acids is 2. The third kappa shape index (κ3) is 4.52. The molecule has 3 atom stereocenters. The number of likely N-dealkylation sites (N-methyl/N-ethyl adjacent to an activating group) is 1. The van der Waals surface area contributed by atoms with Gasteiger partial charge in [0.25, 0.3) is 0 Å². The summed E-state index contributed by atoms with van der Waals surface area (Å²) in [4.78, 5) is 30.5. The average Bonchev–Trinajstić information content (AvgIpc) is 3.13. The zero-order chi connectivity index (χ0) is 21.8. The van der Waals surface area contributed by atoms with Crippen LogP contribution >= 0.6 is 0 Å². The molecule has 2 unspecified atom stereocenters. The van der Waals surface area contributed by atoms with Crippen molar-refractivity contribution in [2.24, 2.45) is 5.92 Å². The number of benzene rings is 1. The van der Waals surface area contributed by atoms with Crippen LogP contribution in [-0.4, -0.2) is 69.4 Å². The van der Waals surface area contributed by atoms with Crippen LogP contribution < -0.4 is 0 Å². The molecule has 1 aromatic heterocycles. The van der Waals surface area contributed by atoms with Crippen LogP contribution in [0.5, 0.6) is 0 Å². The molecule has 0 amide bonds. The second kappa shape index (κ2) is 9.62. The van der Waals surface area contributed by atoms with Gasteiger partial charge in [0, 0.05) is 36.8 Å². The first kappa shape index (κ1) is 22.3. The van der Waals surface area contributed by atoms with Gasteiger partial charge in [0.2, 0.25) is 0 Å². The minimum absolute atomic E-state index is 0.169. The zero-order valence-electron chi connectivity index (χ0n) is 18.5. The number of H-pyrrole nitrogens is 1. The van der Waals surface area contributed by atoms with E-state index in [0.717, 1.165) is 48.1 Å². The number of nitrogens with one attached hydrogen (secondary N) is 1. The van der Waals surface area contributed by atoms with Crippen molar-refractivity contribution in [3.63, 3.8) is 0 Å². The van der Waals surface area contributed by atoms with Crippen molar-refractivity contribution in [3.8, 4) is 0 Å². The molecule has 7 heteroatoms. The number of nitrogens with zero attached hydrogens (tertiary/aromatic N) is 1. The number of esters is 2. The van der Waals surface area contributed by atoms with Crippen LogP contribution in [0.25, 0.3) is 10.9 Å². The van der Waals surface area contributed by atoms with Crippen LogP contribution in [0.3, 0.4) is 0 Å². The summed E-state index contributed by atoms with van der Waals surface area (Å²) in [5.74, 6) is -0.693. The van der Waals surface area contributed by atoms with Crippen molar-refractivity contribution in [1.29, 1.82) is 0 Å². The Labute approximate surface area is 177 Å². The molecule has 0 bridgehead atoms. The average molecular weight is 417 g/mol. The van der Waals surface area contributed by atoms with Crippen LogP contribution in [0.1, 0.15) is 47.3 Å². The van der Waals surface area contributed by atoms with Crippen molar-refractivity contribution >= 4 is 22.8 Å². The number of fused-ring (bicyclic) bond motifs is 1. The number of hydrogen-bond acceptors (Lipinski definition) is 6. The lowest BCUT2D eigenvalue weighted by atomic mass is 9.84. The van der Waals surface area contributed by atoms with E-state index in [1.807, 2.05) is 12.1 Å². The van der Waals surface area contributed by atoms with E-state index < -0.39 is 5.92 Å². The molecule has 1 aliphatic rings. The summed E-state index contributed by atoms with van der Waals surface area (Å²) in [5.41, 5.74) is 3.32. The Morgan fingerprint density at radius 3 is 2.60 bits per heavy atom. The highest BCUT2D eigenvalue weighted by atomic mass is 16.5. The van der Waals surface area contributed by atoms with Crippen LogP contribution in [0.15, 0.2) is 18.2 Å². The standard InChI is InChI=1S/C23H32N2O5/c1-6-17-18-11-15(22(26)29-4)7-8-20(18)24-21(17)19(23(27)30-5)10-14-9-16(28-3)13-25(2)12-14/h7-8,11,14,16,19,24H,6,9-10,12-13H2,1-5H3/t14-,16?,19?/m1/s1. The summed E-state index contributed by atoms with van der Waals surface area (Å²) in [5, 5.41) is 0.944. The number of aromatic nitrogens is 1. The smallest absolute Gasteiger partial charge is 0.337 e. The minimum atomic E-state index is -0.395. The molecule has 2 heterocycles. The Kier molecular flexibility index (Phi) is 7.15. The second-order valence-electron chi connectivity index (χ2n) is 8.11. The largest absolute Gasteiger partial charge is 0.469 e. The first-order chi connectivity index (χ1) is 14.4.